The van der Waals surface area contributed by atoms with E-state index < -0.39 is 0 Å². The van der Waals surface area contributed by atoms with E-state index in [-0.39, 0.29) is 4.65 Å². The first-order valence-corrected chi connectivity index (χ1v) is 4.73. The maximum absolute atomic E-state index is 11.8. The van der Waals surface area contributed by atoms with Gasteiger partial charge in [0.1, 0.15) is 6.54 Å². The molecule has 1 unspecified atom stereocenters. The molecule has 1 rings (SSSR count). The van der Waals surface area contributed by atoms with Crippen LogP contribution in [0.5, 0.6) is 0 Å². The average molecular weight is 179 g/mol. The third-order valence-corrected chi connectivity index (χ3v) is 2.06. The number of hydrogen-bond acceptors (Lipinski definition) is 1. The van der Waals surface area contributed by atoms with Gasteiger partial charge in [0, 0.05) is 5.56 Å². The van der Waals surface area contributed by atoms with E-state index in [1.165, 1.54) is 0 Å². The predicted octanol–water partition coefficient (Wildman–Crippen LogP) is 2.54. The fourth-order valence-electron chi connectivity index (χ4n) is 1.52. The molecule has 0 N–H and O–H groups in total. The minimum Gasteiger partial charge on any atom is -0.633 e. The normalized spacial score (nSPS) is 15.3. The molecule has 2 nitrogen and oxygen atoms in total. The third kappa shape index (κ3) is 3.57. The van der Waals surface area contributed by atoms with Crippen LogP contribution in [0.2, 0.25) is 0 Å². The summed E-state index contributed by atoms with van der Waals surface area (Å²) in [6, 6.07) is 9.93. The van der Waals surface area contributed by atoms with Crippen LogP contribution in [-0.4, -0.2) is 18.2 Å². The van der Waals surface area contributed by atoms with Crippen molar-refractivity contribution in [2.24, 2.45) is 0 Å². The van der Waals surface area contributed by atoms with Crippen molar-refractivity contribution < 1.29 is 4.65 Å². The zero-order valence-corrected chi connectivity index (χ0v) is 8.36. The summed E-state index contributed by atoms with van der Waals surface area (Å²) < 4.78 is -0.166. The van der Waals surface area contributed by atoms with Gasteiger partial charge in [-0.2, -0.15) is 0 Å². The summed E-state index contributed by atoms with van der Waals surface area (Å²) in [5.41, 5.74) is 1.12. The molecule has 0 aliphatic heterocycles. The van der Waals surface area contributed by atoms with E-state index in [0.717, 1.165) is 12.0 Å². The van der Waals surface area contributed by atoms with E-state index in [1.807, 2.05) is 37.3 Å². The molecule has 72 valence electrons. The highest BCUT2D eigenvalue weighted by Gasteiger charge is 2.08. The molecular weight excluding hydrogens is 162 g/mol. The lowest BCUT2D eigenvalue weighted by Gasteiger charge is -2.38. The highest BCUT2D eigenvalue weighted by atomic mass is 16.5. The maximum Gasteiger partial charge on any atom is 0.104 e. The van der Waals surface area contributed by atoms with Gasteiger partial charge < -0.3 is 9.85 Å². The van der Waals surface area contributed by atoms with Crippen molar-refractivity contribution in [3.63, 3.8) is 0 Å². The average Bonchev–Trinajstić information content (AvgIpc) is 2.04. The number of hydrogen-bond donors (Lipinski definition) is 0. The molecule has 13 heavy (non-hydrogen) atoms. The van der Waals surface area contributed by atoms with E-state index in [0.29, 0.717) is 13.1 Å². The number of nitrogens with zero attached hydrogens (tertiary/aromatic N) is 1. The van der Waals surface area contributed by atoms with Gasteiger partial charge in [-0.25, -0.2) is 0 Å². The molecule has 0 spiro atoms. The van der Waals surface area contributed by atoms with Gasteiger partial charge in [0.05, 0.1) is 13.6 Å². The second-order valence-corrected chi connectivity index (χ2v) is 3.66. The van der Waals surface area contributed by atoms with Gasteiger partial charge in [-0.05, 0) is 6.42 Å². The quantitative estimate of drug-likeness (QED) is 0.514. The van der Waals surface area contributed by atoms with Gasteiger partial charge in [0.15, 0.2) is 0 Å². The van der Waals surface area contributed by atoms with Crippen LogP contribution in [-0.2, 0) is 6.54 Å². The summed E-state index contributed by atoms with van der Waals surface area (Å²) in [5.74, 6) is 0. The predicted molar refractivity (Wildman–Crippen MR) is 54.9 cm³/mol. The fourth-order valence-corrected chi connectivity index (χ4v) is 1.52. The van der Waals surface area contributed by atoms with Crippen molar-refractivity contribution >= 4 is 0 Å². The number of benzene rings is 1. The van der Waals surface area contributed by atoms with Crippen LogP contribution in [0.25, 0.3) is 0 Å². The Labute approximate surface area is 80.0 Å². The summed E-state index contributed by atoms with van der Waals surface area (Å²) in [6.07, 6.45) is 0.937. The molecule has 1 aromatic carbocycles. The van der Waals surface area contributed by atoms with Crippen LogP contribution in [0.1, 0.15) is 18.9 Å². The van der Waals surface area contributed by atoms with Crippen molar-refractivity contribution in [2.45, 2.75) is 19.9 Å². The molecule has 0 saturated carbocycles. The SMILES string of the molecule is CCC[N+](C)([O-])Cc1ccccc1. The molecule has 0 saturated heterocycles. The Bertz CT molecular complexity index is 244. The van der Waals surface area contributed by atoms with E-state index in [4.69, 9.17) is 0 Å². The van der Waals surface area contributed by atoms with Gasteiger partial charge in [-0.1, -0.05) is 37.3 Å². The maximum atomic E-state index is 11.8. The van der Waals surface area contributed by atoms with E-state index in [9.17, 15) is 5.21 Å². The van der Waals surface area contributed by atoms with Crippen LogP contribution in [0.15, 0.2) is 30.3 Å². The highest BCUT2D eigenvalue weighted by molar-refractivity contribution is 5.13. The summed E-state index contributed by atoms with van der Waals surface area (Å²) in [4.78, 5) is 0. The van der Waals surface area contributed by atoms with Crippen molar-refractivity contribution in [3.05, 3.63) is 41.1 Å². The first kappa shape index (κ1) is 10.2. The fraction of sp³-hybridized carbons (Fsp3) is 0.455. The van der Waals surface area contributed by atoms with Crippen molar-refractivity contribution in [1.29, 1.82) is 0 Å². The Hall–Kier alpha value is -0.860. The van der Waals surface area contributed by atoms with Gasteiger partial charge in [-0.15, -0.1) is 0 Å². The van der Waals surface area contributed by atoms with Crippen LogP contribution in [0, 0.1) is 5.21 Å². The van der Waals surface area contributed by atoms with E-state index >= 15 is 0 Å². The van der Waals surface area contributed by atoms with Gasteiger partial charge in [0.25, 0.3) is 0 Å². The van der Waals surface area contributed by atoms with Crippen molar-refractivity contribution in [3.8, 4) is 0 Å². The number of rotatable bonds is 4. The molecule has 0 bridgehead atoms. The van der Waals surface area contributed by atoms with E-state index in [1.54, 1.807) is 7.05 Å². The van der Waals surface area contributed by atoms with Gasteiger partial charge in [-0.3, -0.25) is 0 Å². The molecule has 0 aliphatic rings. The van der Waals surface area contributed by atoms with Crippen molar-refractivity contribution in [1.82, 2.24) is 0 Å². The molecule has 0 radical (unpaired) electrons. The van der Waals surface area contributed by atoms with E-state index in [2.05, 4.69) is 0 Å². The lowest BCUT2D eigenvalue weighted by Crippen LogP contribution is -2.37. The second kappa shape index (κ2) is 4.40. The summed E-state index contributed by atoms with van der Waals surface area (Å²) in [6.45, 7) is 3.31. The minimum absolute atomic E-state index is 0.166. The lowest BCUT2D eigenvalue weighted by molar-refractivity contribution is -0.874. The van der Waals surface area contributed by atoms with Crippen LogP contribution < -0.4 is 0 Å². The zero-order valence-electron chi connectivity index (χ0n) is 8.36. The highest BCUT2D eigenvalue weighted by Crippen LogP contribution is 2.10. The molecule has 1 aromatic rings. The molecular formula is C11H17NO. The zero-order chi connectivity index (χ0) is 9.73. The number of hydroxylamine groups is 3. The molecule has 2 heteroatoms. The molecule has 0 amide bonds. The van der Waals surface area contributed by atoms with Gasteiger partial charge in [0.2, 0.25) is 0 Å². The summed E-state index contributed by atoms with van der Waals surface area (Å²) in [7, 11) is 1.73. The summed E-state index contributed by atoms with van der Waals surface area (Å²) in [5, 5.41) is 11.8. The molecule has 0 fully saturated rings. The molecule has 1 atom stereocenters. The molecule has 0 aliphatic carbocycles. The molecule has 0 aromatic heterocycles. The number of quaternary nitrogens is 1. The lowest BCUT2D eigenvalue weighted by atomic mass is 10.2. The Morgan fingerprint density at radius 3 is 2.38 bits per heavy atom. The standard InChI is InChI=1S/C11H17NO/c1-3-9-12(2,13)10-11-7-5-4-6-8-11/h4-8H,3,9-10H2,1-2H3. The Balaban J connectivity index is 2.58. The van der Waals surface area contributed by atoms with Crippen LogP contribution >= 0.6 is 0 Å². The van der Waals surface area contributed by atoms with Crippen molar-refractivity contribution in [2.75, 3.05) is 13.6 Å². The second-order valence-electron chi connectivity index (χ2n) is 3.66. The molecule has 0 heterocycles. The topological polar surface area (TPSA) is 23.1 Å². The minimum atomic E-state index is -0.166. The Morgan fingerprint density at radius 1 is 1.23 bits per heavy atom. The third-order valence-electron chi connectivity index (χ3n) is 2.06. The first-order valence-electron chi connectivity index (χ1n) is 4.73. The Morgan fingerprint density at radius 2 is 1.85 bits per heavy atom. The van der Waals surface area contributed by atoms with Crippen LogP contribution in [0.3, 0.4) is 0 Å². The Kier molecular flexibility index (Phi) is 3.46. The summed E-state index contributed by atoms with van der Waals surface area (Å²) >= 11 is 0. The van der Waals surface area contributed by atoms with Crippen LogP contribution in [0.4, 0.5) is 0 Å². The first-order chi connectivity index (χ1) is 6.14. The largest absolute Gasteiger partial charge is 0.633 e. The monoisotopic (exact) mass is 179 g/mol. The smallest absolute Gasteiger partial charge is 0.104 e. The van der Waals surface area contributed by atoms with Gasteiger partial charge >= 0.3 is 0 Å².